The largest absolute Gasteiger partial charge is 0.490 e. The molecule has 5 aromatic heterocycles. The Morgan fingerprint density at radius 3 is 2.82 bits per heavy atom. The number of halogens is 2. The normalized spacial score (nSPS) is 14.7. The Kier molecular flexibility index (Phi) is 7.34. The fourth-order valence-electron chi connectivity index (χ4n) is 5.80. The summed E-state index contributed by atoms with van der Waals surface area (Å²) in [5.74, 6) is -1.71. The van der Waals surface area contributed by atoms with Crippen molar-refractivity contribution in [3.05, 3.63) is 84.3 Å². The van der Waals surface area contributed by atoms with Gasteiger partial charge in [0.2, 0.25) is 5.91 Å². The molecule has 0 saturated heterocycles. The molecule has 1 aliphatic rings. The molecule has 13 heteroatoms. The highest BCUT2D eigenvalue weighted by Gasteiger charge is 2.31. The van der Waals surface area contributed by atoms with E-state index in [-0.39, 0.29) is 36.5 Å². The number of carbonyl (C=O) groups excluding carboxylic acids is 1. The Morgan fingerprint density at radius 2 is 2.00 bits per heavy atom. The van der Waals surface area contributed by atoms with E-state index in [0.29, 0.717) is 41.4 Å². The third-order valence-electron chi connectivity index (χ3n) is 7.94. The van der Waals surface area contributed by atoms with E-state index >= 15 is 4.39 Å². The molecule has 0 fully saturated rings. The fourth-order valence-corrected chi connectivity index (χ4v) is 6.75. The minimum atomic E-state index is -0.794. The number of fused-ring (bicyclic) bond motifs is 3. The number of nitrogens with zero attached hydrogens (tertiary/aromatic N) is 7. The zero-order valence-electron chi connectivity index (χ0n) is 24.4. The quantitative estimate of drug-likeness (QED) is 0.152. The Bertz CT molecular complexity index is 2100. The second-order valence-corrected chi connectivity index (χ2v) is 11.4. The number of amides is 1. The highest BCUT2D eigenvalue weighted by molar-refractivity contribution is 7.18. The predicted molar refractivity (Wildman–Crippen MR) is 166 cm³/mol. The zero-order chi connectivity index (χ0) is 31.2. The summed E-state index contributed by atoms with van der Waals surface area (Å²) in [7, 11) is 1.52. The summed E-state index contributed by atoms with van der Waals surface area (Å²) in [4.78, 5) is 23.8. The first-order valence-electron chi connectivity index (χ1n) is 14.2. The van der Waals surface area contributed by atoms with Gasteiger partial charge in [0.15, 0.2) is 5.65 Å². The van der Waals surface area contributed by atoms with E-state index in [0.717, 1.165) is 27.4 Å². The van der Waals surface area contributed by atoms with Gasteiger partial charge in [0.25, 0.3) is 0 Å². The fraction of sp³-hybridized carbons (Fsp3) is 0.219. The van der Waals surface area contributed by atoms with E-state index in [4.69, 9.17) is 19.6 Å². The molecule has 228 valence electrons. The van der Waals surface area contributed by atoms with E-state index in [1.165, 1.54) is 36.9 Å². The maximum absolute atomic E-state index is 16.0. The van der Waals surface area contributed by atoms with Crippen LogP contribution in [-0.4, -0.2) is 67.0 Å². The lowest BCUT2D eigenvalue weighted by molar-refractivity contribution is -0.129. The summed E-state index contributed by atoms with van der Waals surface area (Å²) in [5, 5.41) is 11.8. The molecule has 10 nitrogen and oxygen atoms in total. The molecular weight excluding hydrogens is 600 g/mol. The van der Waals surface area contributed by atoms with Gasteiger partial charge in [-0.3, -0.25) is 9.48 Å². The second kappa shape index (κ2) is 11.5. The average Bonchev–Trinajstić information content (AvgIpc) is 3.80. The van der Waals surface area contributed by atoms with Crippen LogP contribution in [0, 0.1) is 11.6 Å². The Morgan fingerprint density at radius 1 is 1.13 bits per heavy atom. The lowest BCUT2D eigenvalue weighted by Crippen LogP contribution is -2.40. The van der Waals surface area contributed by atoms with Gasteiger partial charge in [-0.1, -0.05) is 6.58 Å². The molecule has 45 heavy (non-hydrogen) atoms. The van der Waals surface area contributed by atoms with Crippen LogP contribution in [0.3, 0.4) is 0 Å². The third-order valence-corrected chi connectivity index (χ3v) is 8.87. The zero-order valence-corrected chi connectivity index (χ0v) is 25.2. The molecule has 0 radical (unpaired) electrons. The van der Waals surface area contributed by atoms with Crippen LogP contribution in [0.5, 0.6) is 5.75 Å². The van der Waals surface area contributed by atoms with Crippen LogP contribution in [0.25, 0.3) is 49.5 Å². The van der Waals surface area contributed by atoms with Gasteiger partial charge in [0.05, 0.1) is 36.1 Å². The van der Waals surface area contributed by atoms with Crippen LogP contribution in [-0.2, 0) is 16.1 Å². The highest BCUT2D eigenvalue weighted by Crippen LogP contribution is 2.47. The van der Waals surface area contributed by atoms with Crippen molar-refractivity contribution >= 4 is 33.0 Å². The van der Waals surface area contributed by atoms with Crippen molar-refractivity contribution < 1.29 is 23.0 Å². The number of methoxy groups -OCH3 is 1. The monoisotopic (exact) mass is 627 g/mol. The molecule has 1 aromatic carbocycles. The lowest BCUT2D eigenvalue weighted by atomic mass is 9.96. The second-order valence-electron chi connectivity index (χ2n) is 10.5. The molecule has 0 unspecified atom stereocenters. The molecule has 1 aliphatic heterocycles. The average molecular weight is 628 g/mol. The number of thiophene rings is 1. The molecule has 0 bridgehead atoms. The first-order valence-corrected chi connectivity index (χ1v) is 15.1. The first-order chi connectivity index (χ1) is 21.9. The maximum atomic E-state index is 16.0. The highest BCUT2D eigenvalue weighted by atomic mass is 32.1. The molecule has 0 spiro atoms. The maximum Gasteiger partial charge on any atom is 0.246 e. The van der Waals surface area contributed by atoms with Crippen molar-refractivity contribution in [3.8, 4) is 39.5 Å². The van der Waals surface area contributed by atoms with Crippen LogP contribution in [0.1, 0.15) is 18.7 Å². The first kappa shape index (κ1) is 28.7. The standard InChI is InChI=1S/C32H27F2N7O3S/c1-4-27(42)39-8-9-40-24(18(39)2)16-23(38-40)31-29(28-22(34)14-20(33)15-25(28)44-11-10-43-3)32-21(6-12-45-32)30(37-31)19-5-7-41-26(13-19)35-17-36-41/h4-7,12-18H,1,8-11H2,2-3H3/t18-/m1/s1. The van der Waals surface area contributed by atoms with Gasteiger partial charge in [-0.15, -0.1) is 11.3 Å². The molecule has 6 aromatic rings. The van der Waals surface area contributed by atoms with E-state index in [1.807, 2.05) is 41.3 Å². The number of pyridine rings is 2. The van der Waals surface area contributed by atoms with Gasteiger partial charge < -0.3 is 14.4 Å². The molecule has 1 atom stereocenters. The lowest BCUT2D eigenvalue weighted by Gasteiger charge is -2.33. The molecule has 7 rings (SSSR count). The summed E-state index contributed by atoms with van der Waals surface area (Å²) >= 11 is 1.41. The Labute approximate surface area is 260 Å². The van der Waals surface area contributed by atoms with Crippen LogP contribution >= 0.6 is 11.3 Å². The minimum absolute atomic E-state index is 0.0278. The Hall–Kier alpha value is -5.01. The molecule has 0 saturated carbocycles. The van der Waals surface area contributed by atoms with Crippen LogP contribution < -0.4 is 4.74 Å². The summed E-state index contributed by atoms with van der Waals surface area (Å²) in [6.07, 6.45) is 4.57. The number of hydrogen-bond acceptors (Lipinski definition) is 8. The van der Waals surface area contributed by atoms with Crippen LogP contribution in [0.15, 0.2) is 67.0 Å². The summed E-state index contributed by atoms with van der Waals surface area (Å²) in [6, 6.07) is 9.29. The van der Waals surface area contributed by atoms with Gasteiger partial charge in [0, 0.05) is 53.2 Å². The number of ether oxygens (including phenoxy) is 2. The third kappa shape index (κ3) is 4.93. The van der Waals surface area contributed by atoms with Crippen molar-refractivity contribution in [2.24, 2.45) is 0 Å². The van der Waals surface area contributed by atoms with Crippen molar-refractivity contribution in [2.75, 3.05) is 26.9 Å². The SMILES string of the molecule is C=CC(=O)N1CCn2nc(-c3nc(-c4ccn5ncnc5c4)c4ccsc4c3-c3c(F)cc(F)cc3OCCOC)cc2[C@H]1C. The van der Waals surface area contributed by atoms with E-state index in [2.05, 4.69) is 16.7 Å². The van der Waals surface area contributed by atoms with Crippen molar-refractivity contribution in [3.63, 3.8) is 0 Å². The molecule has 0 N–H and O–H groups in total. The van der Waals surface area contributed by atoms with Crippen molar-refractivity contribution in [1.82, 2.24) is 34.3 Å². The number of benzene rings is 1. The topological polar surface area (TPSA) is 99.7 Å². The molecule has 0 aliphatic carbocycles. The summed E-state index contributed by atoms with van der Waals surface area (Å²) < 4.78 is 45.8. The number of rotatable bonds is 8. The summed E-state index contributed by atoms with van der Waals surface area (Å²) in [5.41, 5.74) is 4.23. The van der Waals surface area contributed by atoms with Crippen LogP contribution in [0.4, 0.5) is 8.78 Å². The van der Waals surface area contributed by atoms with E-state index in [9.17, 15) is 9.18 Å². The smallest absolute Gasteiger partial charge is 0.246 e. The predicted octanol–water partition coefficient (Wildman–Crippen LogP) is 5.93. The van der Waals surface area contributed by atoms with Gasteiger partial charge in [-0.25, -0.2) is 23.3 Å². The molecular formula is C32H27F2N7O3S. The van der Waals surface area contributed by atoms with Crippen molar-refractivity contribution in [2.45, 2.75) is 19.5 Å². The molecule has 1 amide bonds. The van der Waals surface area contributed by atoms with Crippen LogP contribution in [0.2, 0.25) is 0 Å². The molecule has 6 heterocycles. The van der Waals surface area contributed by atoms with E-state index < -0.39 is 11.6 Å². The van der Waals surface area contributed by atoms with E-state index in [1.54, 1.807) is 15.6 Å². The summed E-state index contributed by atoms with van der Waals surface area (Å²) in [6.45, 7) is 6.80. The van der Waals surface area contributed by atoms with Gasteiger partial charge in [-0.05, 0) is 42.6 Å². The van der Waals surface area contributed by atoms with Gasteiger partial charge >= 0.3 is 0 Å². The number of hydrogen-bond donors (Lipinski definition) is 0. The Balaban J connectivity index is 1.50. The number of carbonyl (C=O) groups is 1. The van der Waals surface area contributed by atoms with Crippen molar-refractivity contribution in [1.29, 1.82) is 0 Å². The number of aromatic nitrogens is 6. The van der Waals surface area contributed by atoms with Gasteiger partial charge in [0.1, 0.15) is 41.7 Å². The van der Waals surface area contributed by atoms with Gasteiger partial charge in [-0.2, -0.15) is 10.2 Å². The minimum Gasteiger partial charge on any atom is -0.490 e.